The lowest BCUT2D eigenvalue weighted by molar-refractivity contribution is -0.302. The Kier molecular flexibility index (Phi) is 6.38. The average molecular weight is 601 g/mol. The maximum Gasteiger partial charge on any atom is 0.342 e. The van der Waals surface area contributed by atoms with Crippen molar-refractivity contribution < 1.29 is 28.9 Å². The van der Waals surface area contributed by atoms with Gasteiger partial charge in [-0.1, -0.05) is 63.3 Å². The lowest BCUT2D eigenvalue weighted by Gasteiger charge is -2.52. The molecule has 234 valence electrons. The van der Waals surface area contributed by atoms with Crippen LogP contribution in [-0.4, -0.2) is 56.8 Å². The van der Waals surface area contributed by atoms with Crippen LogP contribution in [0.4, 0.5) is 0 Å². The first kappa shape index (κ1) is 29.6. The molecule has 2 aromatic rings. The summed E-state index contributed by atoms with van der Waals surface area (Å²) in [5, 5.41) is 18.0. The number of hydrogen-bond acceptors (Lipinski definition) is 7. The number of allylic oxidation sites excluding steroid dienone is 1. The molecule has 1 aromatic carbocycles. The van der Waals surface area contributed by atoms with E-state index in [1.54, 1.807) is 11.6 Å². The third-order valence-corrected chi connectivity index (χ3v) is 11.7. The Balaban J connectivity index is 1.31. The topological polar surface area (TPSA) is 99.9 Å². The number of carbonyl (C=O) groups is 2. The Morgan fingerprint density at radius 1 is 1.14 bits per heavy atom. The fourth-order valence-corrected chi connectivity index (χ4v) is 9.37. The van der Waals surface area contributed by atoms with Crippen molar-refractivity contribution in [3.05, 3.63) is 76.1 Å². The molecular formula is C36H44N2O6. The van der Waals surface area contributed by atoms with E-state index in [1.807, 2.05) is 70.2 Å². The Morgan fingerprint density at radius 2 is 1.84 bits per heavy atom. The van der Waals surface area contributed by atoms with E-state index < -0.39 is 35.0 Å². The molecule has 4 aliphatic carbocycles. The molecule has 7 rings (SSSR count). The van der Waals surface area contributed by atoms with Crippen molar-refractivity contribution in [2.45, 2.75) is 92.0 Å². The molecule has 2 bridgehead atoms. The lowest BCUT2D eigenvalue weighted by atomic mass is 9.59. The van der Waals surface area contributed by atoms with Crippen LogP contribution in [0.5, 0.6) is 0 Å². The van der Waals surface area contributed by atoms with E-state index in [1.165, 1.54) is 0 Å². The zero-order valence-electron chi connectivity index (χ0n) is 27.0. The van der Waals surface area contributed by atoms with Crippen molar-refractivity contribution in [1.82, 2.24) is 9.78 Å². The monoisotopic (exact) mass is 600 g/mol. The SMILES string of the molecule is CC1=CC23C(=O)[C@@H](C=C4COC(C)(C)O[C@H]4[C@]2(O)[C@H]1OC(=O)c1c(C)nn(Cc2ccccc2)c1C)[C@H]1[C@@H](CC3C)C1(C)C. The summed E-state index contributed by atoms with van der Waals surface area (Å²) in [6.07, 6.45) is 2.75. The first-order valence-corrected chi connectivity index (χ1v) is 15.9. The number of rotatable bonds is 4. The normalized spacial score (nSPS) is 37.9. The molecule has 0 amide bonds. The van der Waals surface area contributed by atoms with Gasteiger partial charge in [-0.3, -0.25) is 9.48 Å². The molecule has 44 heavy (non-hydrogen) atoms. The van der Waals surface area contributed by atoms with Gasteiger partial charge >= 0.3 is 5.97 Å². The number of benzene rings is 1. The predicted molar refractivity (Wildman–Crippen MR) is 164 cm³/mol. The standard InChI is InChI=1S/C36H44N2O6/c1-19-16-35-20(2)14-26-28(33(26,5)6)25(29(35)39)15-24-18-42-34(7,8)44-31(24)36(35,41)30(19)43-32(40)27-21(3)37-38(22(27)4)17-23-12-10-9-11-13-23/h9-13,15-16,20,25-26,28,30-31,41H,14,17-18H2,1-8H3/t20?,25-,26+,28-,30-,31+,35?,36+/m0/s1. The van der Waals surface area contributed by atoms with E-state index in [2.05, 4.69) is 25.9 Å². The number of fused-ring (bicyclic) bond motifs is 5. The van der Waals surface area contributed by atoms with Crippen LogP contribution < -0.4 is 0 Å². The quantitative estimate of drug-likeness (QED) is 0.374. The Bertz CT molecular complexity index is 1620. The number of ketones is 1. The van der Waals surface area contributed by atoms with Crippen LogP contribution in [0.15, 0.2) is 53.6 Å². The molecule has 3 fully saturated rings. The van der Waals surface area contributed by atoms with Crippen LogP contribution in [0.2, 0.25) is 0 Å². The van der Waals surface area contributed by atoms with Crippen molar-refractivity contribution in [1.29, 1.82) is 0 Å². The number of hydrogen-bond donors (Lipinski definition) is 1. The number of carbonyl (C=O) groups excluding carboxylic acids is 2. The van der Waals surface area contributed by atoms with Crippen molar-refractivity contribution in [3.8, 4) is 0 Å². The van der Waals surface area contributed by atoms with Gasteiger partial charge in [0.1, 0.15) is 11.7 Å². The highest BCUT2D eigenvalue weighted by Crippen LogP contribution is 2.72. The highest BCUT2D eigenvalue weighted by molar-refractivity contribution is 5.96. The third-order valence-electron chi connectivity index (χ3n) is 11.7. The Labute approximate surface area is 259 Å². The predicted octanol–water partition coefficient (Wildman–Crippen LogP) is 5.34. The van der Waals surface area contributed by atoms with Gasteiger partial charge < -0.3 is 19.3 Å². The molecule has 8 heteroatoms. The van der Waals surface area contributed by atoms with Crippen LogP contribution in [0.1, 0.15) is 75.3 Å². The lowest BCUT2D eigenvalue weighted by Crippen LogP contribution is -2.68. The van der Waals surface area contributed by atoms with Gasteiger partial charge in [0.15, 0.2) is 23.3 Å². The van der Waals surface area contributed by atoms with E-state index >= 15 is 0 Å². The molecule has 1 spiro atoms. The van der Waals surface area contributed by atoms with Crippen molar-refractivity contribution in [3.63, 3.8) is 0 Å². The van der Waals surface area contributed by atoms with Crippen molar-refractivity contribution in [2.24, 2.45) is 34.5 Å². The second-order valence-corrected chi connectivity index (χ2v) is 15.0. The van der Waals surface area contributed by atoms with Crippen molar-refractivity contribution in [2.75, 3.05) is 6.61 Å². The van der Waals surface area contributed by atoms with E-state index in [0.717, 1.165) is 17.6 Å². The minimum atomic E-state index is -1.85. The molecule has 8 atom stereocenters. The molecule has 2 saturated carbocycles. The number of esters is 1. The summed E-state index contributed by atoms with van der Waals surface area (Å²) in [6, 6.07) is 9.95. The molecule has 0 radical (unpaired) electrons. The van der Waals surface area contributed by atoms with Gasteiger partial charge in [-0.05, 0) is 80.9 Å². The van der Waals surface area contributed by atoms with Crippen LogP contribution in [0, 0.1) is 48.3 Å². The van der Waals surface area contributed by atoms with Gasteiger partial charge in [0.25, 0.3) is 0 Å². The Hall–Kier alpha value is -3.07. The number of Topliss-reactive ketones (excluding diaryl/α,β-unsaturated/α-hetero) is 1. The first-order valence-electron chi connectivity index (χ1n) is 15.9. The maximum atomic E-state index is 14.9. The minimum absolute atomic E-state index is 0.00479. The fraction of sp³-hybridized carbons (Fsp3) is 0.583. The second kappa shape index (κ2) is 9.47. The van der Waals surface area contributed by atoms with Crippen molar-refractivity contribution >= 4 is 11.8 Å². The van der Waals surface area contributed by atoms with E-state index in [9.17, 15) is 14.7 Å². The number of aryl methyl sites for hydroxylation is 1. The van der Waals surface area contributed by atoms with Gasteiger partial charge in [0, 0.05) is 5.92 Å². The summed E-state index contributed by atoms with van der Waals surface area (Å²) >= 11 is 0. The molecule has 8 nitrogen and oxygen atoms in total. The highest BCUT2D eigenvalue weighted by atomic mass is 16.7. The largest absolute Gasteiger partial charge is 0.451 e. The van der Waals surface area contributed by atoms with Gasteiger partial charge in [-0.2, -0.15) is 5.10 Å². The highest BCUT2D eigenvalue weighted by Gasteiger charge is 2.77. The maximum absolute atomic E-state index is 14.9. The van der Waals surface area contributed by atoms with Crippen LogP contribution >= 0.6 is 0 Å². The molecule has 1 aromatic heterocycles. The smallest absolute Gasteiger partial charge is 0.342 e. The number of nitrogens with zero attached hydrogens (tertiary/aromatic N) is 2. The first-order chi connectivity index (χ1) is 20.6. The third kappa shape index (κ3) is 3.89. The van der Waals surface area contributed by atoms with Crippen LogP contribution in [0.25, 0.3) is 0 Å². The van der Waals surface area contributed by atoms with E-state index in [4.69, 9.17) is 14.2 Å². The zero-order chi connectivity index (χ0) is 31.6. The average Bonchev–Trinajstić information content (AvgIpc) is 3.30. The summed E-state index contributed by atoms with van der Waals surface area (Å²) in [5.74, 6) is -1.61. The molecule has 1 saturated heterocycles. The Morgan fingerprint density at radius 3 is 2.55 bits per heavy atom. The zero-order valence-corrected chi connectivity index (χ0v) is 27.0. The number of aromatic nitrogens is 2. The molecular weight excluding hydrogens is 556 g/mol. The van der Waals surface area contributed by atoms with Gasteiger partial charge in [0.2, 0.25) is 0 Å². The summed E-state index contributed by atoms with van der Waals surface area (Å²) < 4.78 is 20.8. The molecule has 1 aliphatic heterocycles. The van der Waals surface area contributed by atoms with Crippen LogP contribution in [-0.2, 0) is 25.5 Å². The number of ether oxygens (including phenoxy) is 3. The molecule has 1 N–H and O–H groups in total. The van der Waals surface area contributed by atoms with E-state index in [0.29, 0.717) is 35.0 Å². The summed E-state index contributed by atoms with van der Waals surface area (Å²) in [5.41, 5.74) is 0.973. The summed E-state index contributed by atoms with van der Waals surface area (Å²) in [4.78, 5) is 29.0. The summed E-state index contributed by atoms with van der Waals surface area (Å²) in [7, 11) is 0. The van der Waals surface area contributed by atoms with Crippen LogP contribution in [0.3, 0.4) is 0 Å². The molecule has 5 aliphatic rings. The van der Waals surface area contributed by atoms with Gasteiger partial charge in [-0.25, -0.2) is 4.79 Å². The fourth-order valence-electron chi connectivity index (χ4n) is 9.37. The molecule has 2 unspecified atom stereocenters. The molecule has 2 heterocycles. The summed E-state index contributed by atoms with van der Waals surface area (Å²) in [6.45, 7) is 16.5. The number of aliphatic hydroxyl groups is 1. The second-order valence-electron chi connectivity index (χ2n) is 15.0. The van der Waals surface area contributed by atoms with E-state index in [-0.39, 0.29) is 35.6 Å². The minimum Gasteiger partial charge on any atom is -0.451 e. The van der Waals surface area contributed by atoms with Gasteiger partial charge in [-0.15, -0.1) is 0 Å². The van der Waals surface area contributed by atoms with Gasteiger partial charge in [0.05, 0.1) is 30.0 Å².